The molecule has 0 aromatic rings. The second-order valence-corrected chi connectivity index (χ2v) is 26.2. The lowest BCUT2D eigenvalue weighted by molar-refractivity contribution is -0.349. The lowest BCUT2D eigenvalue weighted by atomic mass is 9.79. The number of methoxy groups -OCH3 is 1. The summed E-state index contributed by atoms with van der Waals surface area (Å²) in [6.45, 7) is 18.0. The summed E-state index contributed by atoms with van der Waals surface area (Å²) in [5, 5.41) is 82.2. The van der Waals surface area contributed by atoms with E-state index >= 15 is 0 Å². The van der Waals surface area contributed by atoms with E-state index in [1.54, 1.807) is 41.7 Å². The molecule has 0 aromatic carbocycles. The quantitative estimate of drug-likeness (QED) is 0.0697. The van der Waals surface area contributed by atoms with Crippen LogP contribution < -0.4 is 0 Å². The van der Waals surface area contributed by atoms with Crippen LogP contribution in [0.5, 0.6) is 0 Å². The van der Waals surface area contributed by atoms with Crippen LogP contribution in [-0.2, 0) is 71.3 Å². The average Bonchev–Trinajstić information content (AvgIpc) is 1.26. The highest BCUT2D eigenvalue weighted by atomic mass is 35.5. The van der Waals surface area contributed by atoms with Gasteiger partial charge in [0.1, 0.15) is 42.1 Å². The third kappa shape index (κ3) is 18.1. The monoisotopic (exact) mass is 1220 g/mol. The molecule has 0 radical (unpaired) electrons. The van der Waals surface area contributed by atoms with Gasteiger partial charge >= 0.3 is 17.9 Å². The van der Waals surface area contributed by atoms with E-state index in [1.165, 1.54) is 26.0 Å². The van der Waals surface area contributed by atoms with Gasteiger partial charge in [0.25, 0.3) is 0 Å². The molecule has 10 bridgehead atoms. The zero-order valence-electron chi connectivity index (χ0n) is 50.4. The van der Waals surface area contributed by atoms with Crippen molar-refractivity contribution < 1.29 is 107 Å². The second kappa shape index (κ2) is 28.9. The molecular formula is C62H93ClO22. The van der Waals surface area contributed by atoms with Crippen LogP contribution in [0.15, 0.2) is 48.1 Å². The maximum atomic E-state index is 14.5. The van der Waals surface area contributed by atoms with Crippen molar-refractivity contribution in [3.05, 3.63) is 48.1 Å². The Hall–Kier alpha value is -3.56. The molecule has 0 amide bonds. The van der Waals surface area contributed by atoms with Crippen molar-refractivity contribution in [1.82, 2.24) is 0 Å². The Bertz CT molecular complexity index is 2430. The fraction of sp³-hybridized carbons (Fsp3) is 0.790. The van der Waals surface area contributed by atoms with E-state index in [0.717, 1.165) is 0 Å². The second-order valence-electron chi connectivity index (χ2n) is 25.7. The summed E-state index contributed by atoms with van der Waals surface area (Å²) in [4.78, 5) is 68.5. The first-order valence-electron chi connectivity index (χ1n) is 30.2. The maximum absolute atomic E-state index is 14.5. The van der Waals surface area contributed by atoms with Crippen LogP contribution in [0.25, 0.3) is 0 Å². The van der Waals surface area contributed by atoms with Crippen molar-refractivity contribution in [3.63, 3.8) is 0 Å². The molecule has 2 spiro atoms. The minimum atomic E-state index is -2.42. The number of hydrogen-bond acceptors (Lipinski definition) is 22. The molecule has 7 aliphatic heterocycles. The Morgan fingerprint density at radius 2 is 1.40 bits per heavy atom. The van der Waals surface area contributed by atoms with Gasteiger partial charge in [-0.05, 0) is 37.8 Å². The third-order valence-corrected chi connectivity index (χ3v) is 18.3. The van der Waals surface area contributed by atoms with Gasteiger partial charge in [-0.15, -0.1) is 0 Å². The molecule has 7 heterocycles. The predicted octanol–water partition coefficient (Wildman–Crippen LogP) is 4.92. The highest BCUT2D eigenvalue weighted by Gasteiger charge is 2.57. The predicted molar refractivity (Wildman–Crippen MR) is 303 cm³/mol. The van der Waals surface area contributed by atoms with E-state index in [4.69, 9.17) is 59.0 Å². The highest BCUT2D eigenvalue weighted by molar-refractivity contribution is 6.30. The molecule has 7 N–H and O–H groups in total. The van der Waals surface area contributed by atoms with Crippen molar-refractivity contribution in [2.75, 3.05) is 7.11 Å². The summed E-state index contributed by atoms with van der Waals surface area (Å²) in [6, 6.07) is 0. The largest absolute Gasteiger partial charge is 0.462 e. The number of rotatable bonds is 9. The first kappa shape index (κ1) is 68.9. The number of aliphatic hydroxyl groups is 7. The molecule has 2 unspecified atom stereocenters. The number of ether oxygens (including phenoxy) is 10. The van der Waals surface area contributed by atoms with Gasteiger partial charge in [-0.2, -0.15) is 0 Å². The number of aliphatic hydroxyl groups excluding tert-OH is 5. The smallest absolute Gasteiger partial charge is 0.308 e. The molecule has 6 saturated heterocycles. The normalized spacial score (nSPS) is 44.0. The fourth-order valence-corrected chi connectivity index (χ4v) is 14.0. The molecule has 22 nitrogen and oxygen atoms in total. The molecule has 480 valence electrons. The number of ketones is 2. The summed E-state index contributed by atoms with van der Waals surface area (Å²) in [6.07, 6.45) is -10.7. The zero-order chi connectivity index (χ0) is 62.5. The summed E-state index contributed by atoms with van der Waals surface area (Å²) in [5.74, 6) is -12.0. The van der Waals surface area contributed by atoms with Gasteiger partial charge in [0.05, 0.1) is 91.0 Å². The maximum Gasteiger partial charge on any atom is 0.308 e. The van der Waals surface area contributed by atoms with Crippen LogP contribution in [0.1, 0.15) is 158 Å². The number of halogens is 1. The number of allylic oxidation sites excluding steroid dienone is 3. The lowest BCUT2D eigenvalue weighted by Crippen LogP contribution is -2.64. The van der Waals surface area contributed by atoms with E-state index in [1.807, 2.05) is 12.2 Å². The molecule has 24 atom stereocenters. The number of hydrogen-bond donors (Lipinski definition) is 7. The van der Waals surface area contributed by atoms with Gasteiger partial charge in [0.2, 0.25) is 0 Å². The van der Waals surface area contributed by atoms with Gasteiger partial charge in [-0.1, -0.05) is 70.7 Å². The van der Waals surface area contributed by atoms with Crippen molar-refractivity contribution in [2.24, 2.45) is 23.7 Å². The number of fused-ring (bicyclic) bond motifs is 8. The highest BCUT2D eigenvalue weighted by Crippen LogP contribution is 2.48. The van der Waals surface area contributed by atoms with Gasteiger partial charge in [-0.3, -0.25) is 24.0 Å². The number of carbonyl (C=O) groups is 5. The van der Waals surface area contributed by atoms with Crippen molar-refractivity contribution in [3.8, 4) is 0 Å². The SMILES string of the molecule is C=C(Cl)/C=C/[C@@H](O)CC(=C)[C@@H](O)[C@@H]1C[C@@H]2OC(=O)C[C@H]3C[C@H](OC(C)=O)C[C@@]4(C[C@@](C)(O)C[C@H](CC(=O)C(C)C(OC(C)=O)[C@H](C)C(=O)C[C@@H]5C[C@H](OC)C[C@@]6(C[C@@H](O)C[C@H](/C=C\CCC[C@H]7O[C@](O)(C[C@H](O)[C@H]7C)[C@@H](O)[C@H](O1)[C@@H]2C)O6)O5)O4)O3. The van der Waals surface area contributed by atoms with Gasteiger partial charge < -0.3 is 83.1 Å². The Morgan fingerprint density at radius 3 is 2.06 bits per heavy atom. The molecule has 0 saturated carbocycles. The van der Waals surface area contributed by atoms with Crippen LogP contribution >= 0.6 is 11.6 Å². The van der Waals surface area contributed by atoms with Crippen molar-refractivity contribution in [2.45, 2.75) is 278 Å². The van der Waals surface area contributed by atoms with Gasteiger partial charge in [0.15, 0.2) is 17.4 Å². The molecular weight excluding hydrogens is 1130 g/mol. The summed E-state index contributed by atoms with van der Waals surface area (Å²) in [7, 11) is 1.54. The van der Waals surface area contributed by atoms with Gasteiger partial charge in [0, 0.05) is 121 Å². The van der Waals surface area contributed by atoms with Crippen LogP contribution in [0, 0.1) is 23.7 Å². The molecule has 85 heavy (non-hydrogen) atoms. The molecule has 6 fully saturated rings. The first-order valence-corrected chi connectivity index (χ1v) is 30.6. The van der Waals surface area contributed by atoms with Crippen LogP contribution in [0.2, 0.25) is 0 Å². The number of Topliss-reactive ketones (excluding diaryl/α,β-unsaturated/α-hetero) is 2. The molecule has 0 aliphatic carbocycles. The molecule has 23 heteroatoms. The zero-order valence-corrected chi connectivity index (χ0v) is 51.2. The Balaban J connectivity index is 1.22. The Kier molecular flexibility index (Phi) is 23.5. The average molecular weight is 1230 g/mol. The Morgan fingerprint density at radius 1 is 0.776 bits per heavy atom. The van der Waals surface area contributed by atoms with E-state index in [9.17, 15) is 59.7 Å². The summed E-state index contributed by atoms with van der Waals surface area (Å²) in [5.41, 5.74) is -1.43. The lowest BCUT2D eigenvalue weighted by Gasteiger charge is -2.51. The molecule has 0 aromatic heterocycles. The minimum absolute atomic E-state index is 0.0186. The number of carbonyl (C=O) groups excluding carboxylic acids is 5. The Labute approximate surface area is 503 Å². The number of esters is 3. The minimum Gasteiger partial charge on any atom is -0.462 e. The van der Waals surface area contributed by atoms with Crippen LogP contribution in [0.4, 0.5) is 0 Å². The van der Waals surface area contributed by atoms with Crippen LogP contribution in [-0.4, -0.2) is 193 Å². The third-order valence-electron chi connectivity index (χ3n) is 18.2. The standard InChI is InChI=1S/C62H93ClO22/c1-32(18-40(66)17-16-33(2)63)55(72)53-25-52-37(6)57(80-53)58(73)62(75)30-50(70)34(3)51(85-62)15-13-11-12-14-42-19-41(67)26-60(81-42)28-45(76-10)20-43(82-60)22-48(68)35(4)56(78-39(8)65)36(5)49(69)23-47-27-59(9,74)31-61(84-47)29-46(77-38(7)64)21-44(83-61)24-54(71)79-52/h12,14,16-17,34-37,40-47,50-53,55-58,66-67,70,72-75H,1-2,11,13,15,18-31H2,3-10H3/b14-12-,17-16+/t34-,35-,36?,37-,40-,41+,42+,43+,44-,45+,46+,47+,50+,51-,52+,53+,55-,56?,57-,58+,59+,60-,61-,62-/m1/s1. The summed E-state index contributed by atoms with van der Waals surface area (Å²) < 4.78 is 62.9. The van der Waals surface area contributed by atoms with Gasteiger partial charge in [-0.25, -0.2) is 0 Å². The first-order chi connectivity index (χ1) is 39.8. The molecule has 7 rings (SSSR count). The van der Waals surface area contributed by atoms with E-state index < -0.39 is 181 Å². The summed E-state index contributed by atoms with van der Waals surface area (Å²) >= 11 is 5.87. The van der Waals surface area contributed by atoms with E-state index in [-0.39, 0.29) is 87.0 Å². The topological polar surface area (TPSA) is 319 Å². The van der Waals surface area contributed by atoms with E-state index in [2.05, 4.69) is 13.2 Å². The van der Waals surface area contributed by atoms with Crippen molar-refractivity contribution in [1.29, 1.82) is 0 Å². The fourth-order valence-electron chi connectivity index (χ4n) is 14.0. The van der Waals surface area contributed by atoms with E-state index in [0.29, 0.717) is 25.7 Å². The molecule has 7 aliphatic rings. The van der Waals surface area contributed by atoms with Crippen LogP contribution in [0.3, 0.4) is 0 Å². The van der Waals surface area contributed by atoms with Crippen molar-refractivity contribution >= 4 is 41.1 Å².